The summed E-state index contributed by atoms with van der Waals surface area (Å²) in [6.45, 7) is 5.62. The molecule has 1 aliphatic carbocycles. The fourth-order valence-corrected chi connectivity index (χ4v) is 5.19. The zero-order valence-electron chi connectivity index (χ0n) is 17.4. The molecule has 0 spiro atoms. The van der Waals surface area contributed by atoms with Crippen molar-refractivity contribution < 1.29 is 4.74 Å². The van der Waals surface area contributed by atoms with Gasteiger partial charge in [-0.3, -0.25) is 0 Å². The maximum Gasteiger partial charge on any atom is 0.143 e. The van der Waals surface area contributed by atoms with Crippen LogP contribution in [0.3, 0.4) is 0 Å². The quantitative estimate of drug-likeness (QED) is 0.393. The van der Waals surface area contributed by atoms with Crippen LogP contribution in [0.5, 0.6) is 5.75 Å². The molecule has 1 aliphatic rings. The average Bonchev–Trinajstić information content (AvgIpc) is 3.27. The van der Waals surface area contributed by atoms with Gasteiger partial charge in [0.1, 0.15) is 5.75 Å². The molecular weight excluding hydrogens is 354 g/mol. The van der Waals surface area contributed by atoms with Gasteiger partial charge in [-0.15, -0.1) is 0 Å². The zero-order valence-corrected chi connectivity index (χ0v) is 17.4. The van der Waals surface area contributed by atoms with E-state index in [0.29, 0.717) is 5.92 Å². The Bertz CT molecular complexity index is 1160. The second-order valence-corrected chi connectivity index (χ2v) is 8.79. The molecule has 0 aliphatic heterocycles. The molecule has 0 saturated carbocycles. The minimum atomic E-state index is 0.124. The maximum atomic E-state index is 5.92. The SMILES string of the molecule is COc1cc2c(c3ccn(Cc4ccccc4)c13)C(C)(C)CC2c1ccccc1. The summed E-state index contributed by atoms with van der Waals surface area (Å²) < 4.78 is 8.25. The van der Waals surface area contributed by atoms with E-state index in [0.717, 1.165) is 18.7 Å². The van der Waals surface area contributed by atoms with Crippen LogP contribution in [0.4, 0.5) is 0 Å². The summed E-state index contributed by atoms with van der Waals surface area (Å²) in [6, 6.07) is 26.1. The van der Waals surface area contributed by atoms with E-state index in [1.807, 2.05) is 0 Å². The molecule has 0 fully saturated rings. The van der Waals surface area contributed by atoms with Crippen molar-refractivity contribution >= 4 is 10.9 Å². The lowest BCUT2D eigenvalue weighted by Gasteiger charge is -2.21. The Balaban J connectivity index is 1.70. The molecule has 0 N–H and O–H groups in total. The Morgan fingerprint density at radius 2 is 1.66 bits per heavy atom. The number of hydrogen-bond donors (Lipinski definition) is 0. The van der Waals surface area contributed by atoms with Crippen LogP contribution in [-0.4, -0.2) is 11.7 Å². The van der Waals surface area contributed by atoms with Gasteiger partial charge in [-0.25, -0.2) is 0 Å². The number of rotatable bonds is 4. The molecule has 0 amide bonds. The first-order chi connectivity index (χ1) is 14.1. The van der Waals surface area contributed by atoms with Crippen LogP contribution in [0.2, 0.25) is 0 Å². The largest absolute Gasteiger partial charge is 0.495 e. The topological polar surface area (TPSA) is 14.2 Å². The van der Waals surface area contributed by atoms with Crippen LogP contribution in [0.25, 0.3) is 10.9 Å². The van der Waals surface area contributed by atoms with Crippen LogP contribution in [0.1, 0.15) is 48.4 Å². The lowest BCUT2D eigenvalue weighted by atomic mass is 9.84. The molecule has 1 atom stereocenters. The third-order valence-corrected chi connectivity index (χ3v) is 6.43. The third kappa shape index (κ3) is 2.95. The van der Waals surface area contributed by atoms with E-state index in [1.165, 1.54) is 33.2 Å². The molecule has 29 heavy (non-hydrogen) atoms. The third-order valence-electron chi connectivity index (χ3n) is 6.43. The van der Waals surface area contributed by atoms with Crippen molar-refractivity contribution in [1.29, 1.82) is 0 Å². The molecule has 0 radical (unpaired) electrons. The highest BCUT2D eigenvalue weighted by atomic mass is 16.5. The van der Waals surface area contributed by atoms with Crippen LogP contribution >= 0.6 is 0 Å². The van der Waals surface area contributed by atoms with E-state index < -0.39 is 0 Å². The van der Waals surface area contributed by atoms with Crippen molar-refractivity contribution in [2.24, 2.45) is 0 Å². The summed E-state index contributed by atoms with van der Waals surface area (Å²) in [5.74, 6) is 1.38. The standard InChI is InChI=1S/C27H27NO/c1-27(2)17-23(20-12-8-5-9-13-20)22-16-24(29-3)26-21(25(22)27)14-15-28(26)18-19-10-6-4-7-11-19/h4-16,23H,17-18H2,1-3H3. The molecule has 0 saturated heterocycles. The molecule has 5 rings (SSSR count). The van der Waals surface area contributed by atoms with E-state index in [9.17, 15) is 0 Å². The minimum Gasteiger partial charge on any atom is -0.495 e. The van der Waals surface area contributed by atoms with E-state index in [-0.39, 0.29) is 5.41 Å². The monoisotopic (exact) mass is 381 g/mol. The summed E-state index contributed by atoms with van der Waals surface area (Å²) in [5, 5.41) is 1.33. The predicted octanol–water partition coefficient (Wildman–Crippen LogP) is 6.51. The van der Waals surface area contributed by atoms with Gasteiger partial charge in [0.2, 0.25) is 0 Å². The molecule has 4 aromatic rings. The normalized spacial score (nSPS) is 17.4. The van der Waals surface area contributed by atoms with Crippen molar-refractivity contribution in [2.75, 3.05) is 7.11 Å². The Labute approximate surface area is 172 Å². The number of methoxy groups -OCH3 is 1. The molecule has 0 bridgehead atoms. The molecule has 1 unspecified atom stereocenters. The Kier molecular flexibility index (Phi) is 4.24. The number of nitrogens with zero attached hydrogens (tertiary/aromatic N) is 1. The van der Waals surface area contributed by atoms with Gasteiger partial charge in [0.15, 0.2) is 0 Å². The first-order valence-electron chi connectivity index (χ1n) is 10.4. The van der Waals surface area contributed by atoms with Crippen molar-refractivity contribution in [3.63, 3.8) is 0 Å². The number of ether oxygens (including phenoxy) is 1. The lowest BCUT2D eigenvalue weighted by Crippen LogP contribution is -2.13. The van der Waals surface area contributed by atoms with Crippen molar-refractivity contribution in [1.82, 2.24) is 4.57 Å². The van der Waals surface area contributed by atoms with Gasteiger partial charge in [-0.2, -0.15) is 0 Å². The molecule has 2 heteroatoms. The van der Waals surface area contributed by atoms with Gasteiger partial charge in [0, 0.05) is 24.0 Å². The highest BCUT2D eigenvalue weighted by molar-refractivity contribution is 5.92. The van der Waals surface area contributed by atoms with Crippen LogP contribution < -0.4 is 4.74 Å². The maximum absolute atomic E-state index is 5.92. The fraction of sp³-hybridized carbons (Fsp3) is 0.259. The lowest BCUT2D eigenvalue weighted by molar-refractivity contribution is 0.417. The highest BCUT2D eigenvalue weighted by Crippen LogP contribution is 2.53. The van der Waals surface area contributed by atoms with Gasteiger partial charge >= 0.3 is 0 Å². The second-order valence-electron chi connectivity index (χ2n) is 8.79. The van der Waals surface area contributed by atoms with Crippen molar-refractivity contribution in [3.8, 4) is 5.75 Å². The number of fused-ring (bicyclic) bond motifs is 3. The molecule has 1 heterocycles. The van der Waals surface area contributed by atoms with Gasteiger partial charge in [0.25, 0.3) is 0 Å². The number of hydrogen-bond acceptors (Lipinski definition) is 1. The zero-order chi connectivity index (χ0) is 20.0. The Hall–Kier alpha value is -3.00. The summed E-state index contributed by atoms with van der Waals surface area (Å²) >= 11 is 0. The van der Waals surface area contributed by atoms with Crippen molar-refractivity contribution in [2.45, 2.75) is 38.1 Å². The average molecular weight is 382 g/mol. The van der Waals surface area contributed by atoms with E-state index >= 15 is 0 Å². The summed E-state index contributed by atoms with van der Waals surface area (Å²) in [5.41, 5.74) is 6.92. The molecule has 3 aromatic carbocycles. The van der Waals surface area contributed by atoms with Gasteiger partial charge in [-0.1, -0.05) is 74.5 Å². The molecule has 2 nitrogen and oxygen atoms in total. The van der Waals surface area contributed by atoms with Crippen LogP contribution in [-0.2, 0) is 12.0 Å². The predicted molar refractivity (Wildman–Crippen MR) is 120 cm³/mol. The summed E-state index contributed by atoms with van der Waals surface area (Å²) in [7, 11) is 1.79. The summed E-state index contributed by atoms with van der Waals surface area (Å²) in [6.07, 6.45) is 3.34. The minimum absolute atomic E-state index is 0.124. The molecule has 146 valence electrons. The number of benzene rings is 3. The van der Waals surface area contributed by atoms with Gasteiger partial charge in [-0.05, 0) is 46.2 Å². The molecular formula is C27H27NO. The van der Waals surface area contributed by atoms with Crippen molar-refractivity contribution in [3.05, 3.63) is 101 Å². The second kappa shape index (κ2) is 6.81. The van der Waals surface area contributed by atoms with Crippen LogP contribution in [0.15, 0.2) is 79.0 Å². The fourth-order valence-electron chi connectivity index (χ4n) is 5.19. The Morgan fingerprint density at radius 1 is 0.966 bits per heavy atom. The smallest absolute Gasteiger partial charge is 0.143 e. The Morgan fingerprint density at radius 3 is 2.34 bits per heavy atom. The van der Waals surface area contributed by atoms with Gasteiger partial charge in [0.05, 0.1) is 12.6 Å². The first kappa shape index (κ1) is 18.1. The summed E-state index contributed by atoms with van der Waals surface area (Å²) in [4.78, 5) is 0. The highest BCUT2D eigenvalue weighted by Gasteiger charge is 2.40. The van der Waals surface area contributed by atoms with Crippen LogP contribution in [0, 0.1) is 0 Å². The van der Waals surface area contributed by atoms with E-state index in [1.54, 1.807) is 7.11 Å². The van der Waals surface area contributed by atoms with E-state index in [2.05, 4.69) is 97.4 Å². The molecule has 1 aromatic heterocycles. The van der Waals surface area contributed by atoms with Gasteiger partial charge < -0.3 is 9.30 Å². The number of aromatic nitrogens is 1. The first-order valence-corrected chi connectivity index (χ1v) is 10.4. The van der Waals surface area contributed by atoms with E-state index in [4.69, 9.17) is 4.74 Å².